The largest absolute Gasteiger partial charge is 0.504 e. The predicted molar refractivity (Wildman–Crippen MR) is 234 cm³/mol. The van der Waals surface area contributed by atoms with E-state index in [1.54, 1.807) is 46.6 Å². The van der Waals surface area contributed by atoms with Gasteiger partial charge in [0.1, 0.15) is 5.69 Å². The second kappa shape index (κ2) is 13.7. The lowest BCUT2D eigenvalue weighted by atomic mass is 9.99. The first kappa shape index (κ1) is 34.0. The van der Waals surface area contributed by atoms with Crippen molar-refractivity contribution in [3.8, 4) is 60.7 Å². The van der Waals surface area contributed by atoms with Gasteiger partial charge in [0.15, 0.2) is 23.0 Å². The highest BCUT2D eigenvalue weighted by Gasteiger charge is 2.30. The van der Waals surface area contributed by atoms with Crippen molar-refractivity contribution >= 4 is 61.0 Å². The number of phenols is 4. The number of thiophene rings is 1. The van der Waals surface area contributed by atoms with Gasteiger partial charge in [0, 0.05) is 37.3 Å². The lowest BCUT2D eigenvalue weighted by molar-refractivity contribution is 0.377. The van der Waals surface area contributed by atoms with Crippen molar-refractivity contribution in [2.75, 3.05) is 4.90 Å². The first-order chi connectivity index (χ1) is 28.0. The highest BCUT2D eigenvalue weighted by atomic mass is 32.1. The number of hydrogen-bond donors (Lipinski definition) is 4. The molecule has 0 radical (unpaired) electrons. The fourth-order valence-corrected chi connectivity index (χ4v) is 8.98. The zero-order valence-electron chi connectivity index (χ0n) is 30.4. The minimum atomic E-state index is -0.562. The molecule has 7 heteroatoms. The number of nitrogens with zero attached hydrogens (tertiary/aromatic N) is 2. The SMILES string of the molecule is Oc1c(O)c(N(c2ccc(-c3ccc(-c4ccc5c(c4)c4ccccc4n5-c4ccccc4)s3)cc2)c2cccc3ccccc23)c(O)c(O)c1-c1ccccc1. The first-order valence-electron chi connectivity index (χ1n) is 18.6. The summed E-state index contributed by atoms with van der Waals surface area (Å²) in [7, 11) is 0. The predicted octanol–water partition coefficient (Wildman–Crippen LogP) is 13.3. The minimum Gasteiger partial charge on any atom is -0.504 e. The molecule has 0 fully saturated rings. The number of para-hydroxylation sites is 2. The van der Waals surface area contributed by atoms with Crippen LogP contribution in [0.4, 0.5) is 17.1 Å². The van der Waals surface area contributed by atoms with Crippen molar-refractivity contribution in [3.05, 3.63) is 182 Å². The number of aromatic hydroxyl groups is 4. The quantitative estimate of drug-likeness (QED) is 0.0960. The molecular formula is C50H34N2O4S. The second-order valence-corrected chi connectivity index (χ2v) is 15.0. The van der Waals surface area contributed by atoms with Crippen LogP contribution in [0.15, 0.2) is 182 Å². The smallest absolute Gasteiger partial charge is 0.186 e. The van der Waals surface area contributed by atoms with Crippen molar-refractivity contribution in [1.82, 2.24) is 4.57 Å². The van der Waals surface area contributed by atoms with Gasteiger partial charge in [0.2, 0.25) is 0 Å². The molecule has 274 valence electrons. The monoisotopic (exact) mass is 758 g/mol. The van der Waals surface area contributed by atoms with Gasteiger partial charge >= 0.3 is 0 Å². The molecule has 0 saturated heterocycles. The molecule has 2 heterocycles. The summed E-state index contributed by atoms with van der Waals surface area (Å²) >= 11 is 1.71. The van der Waals surface area contributed by atoms with Gasteiger partial charge in [-0.1, -0.05) is 121 Å². The number of rotatable bonds is 7. The van der Waals surface area contributed by atoms with Crippen LogP contribution in [0.2, 0.25) is 0 Å². The summed E-state index contributed by atoms with van der Waals surface area (Å²) in [5.41, 5.74) is 7.06. The van der Waals surface area contributed by atoms with Gasteiger partial charge < -0.3 is 29.9 Å². The third-order valence-electron chi connectivity index (χ3n) is 10.7. The van der Waals surface area contributed by atoms with Crippen LogP contribution in [0.5, 0.6) is 23.0 Å². The highest BCUT2D eigenvalue weighted by Crippen LogP contribution is 2.58. The zero-order chi connectivity index (χ0) is 38.6. The molecule has 0 aliphatic carbocycles. The average molecular weight is 759 g/mol. The standard InChI is InChI=1S/C50H34N2O4S/c53-47-45(33-13-3-1-4-14-33)48(54)50(56)46(49(47)55)52(40-21-11-15-31-12-7-8-18-37(31)40)36-25-22-32(23-26-36)43-28-29-44(57-43)34-24-27-42-39(30-34)38-19-9-10-20-41(38)51(42)35-16-5-2-6-17-35/h1-30,53-56H. The Morgan fingerprint density at radius 1 is 0.421 bits per heavy atom. The van der Waals surface area contributed by atoms with Crippen LogP contribution in [0.3, 0.4) is 0 Å². The van der Waals surface area contributed by atoms with Crippen LogP contribution in [0.1, 0.15) is 0 Å². The molecule has 0 aliphatic rings. The summed E-state index contributed by atoms with van der Waals surface area (Å²) in [6.45, 7) is 0. The Bertz CT molecular complexity index is 3080. The van der Waals surface area contributed by atoms with E-state index in [1.807, 2.05) is 72.8 Å². The van der Waals surface area contributed by atoms with Crippen LogP contribution in [-0.4, -0.2) is 25.0 Å². The summed E-state index contributed by atoms with van der Waals surface area (Å²) in [4.78, 5) is 3.89. The summed E-state index contributed by atoms with van der Waals surface area (Å²) in [6.07, 6.45) is 0. The van der Waals surface area contributed by atoms with E-state index >= 15 is 0 Å². The molecule has 57 heavy (non-hydrogen) atoms. The molecule has 10 aromatic rings. The lowest BCUT2D eigenvalue weighted by Gasteiger charge is -2.29. The van der Waals surface area contributed by atoms with Gasteiger partial charge in [-0.25, -0.2) is 0 Å². The third kappa shape index (κ3) is 5.63. The molecule has 0 amide bonds. The number of benzene rings is 8. The Morgan fingerprint density at radius 2 is 1.00 bits per heavy atom. The topological polar surface area (TPSA) is 89.1 Å². The van der Waals surface area contributed by atoms with E-state index in [0.29, 0.717) is 16.9 Å². The molecule has 0 spiro atoms. The Hall–Kier alpha value is -7.48. The van der Waals surface area contributed by atoms with Crippen molar-refractivity contribution < 1.29 is 20.4 Å². The number of phenolic OH excluding ortho intramolecular Hbond substituents is 4. The molecular weight excluding hydrogens is 725 g/mol. The Morgan fingerprint density at radius 3 is 1.74 bits per heavy atom. The average Bonchev–Trinajstić information content (AvgIpc) is 3.89. The zero-order valence-corrected chi connectivity index (χ0v) is 31.2. The van der Waals surface area contributed by atoms with Crippen molar-refractivity contribution in [2.24, 2.45) is 0 Å². The van der Waals surface area contributed by atoms with E-state index < -0.39 is 23.0 Å². The van der Waals surface area contributed by atoms with Crippen molar-refractivity contribution in [1.29, 1.82) is 0 Å². The third-order valence-corrected chi connectivity index (χ3v) is 11.8. The fraction of sp³-hybridized carbons (Fsp3) is 0. The van der Waals surface area contributed by atoms with Crippen LogP contribution < -0.4 is 4.90 Å². The highest BCUT2D eigenvalue weighted by molar-refractivity contribution is 7.18. The maximum absolute atomic E-state index is 11.7. The normalized spacial score (nSPS) is 11.4. The minimum absolute atomic E-state index is 0.0582. The number of fused-ring (bicyclic) bond motifs is 4. The number of aromatic nitrogens is 1. The van der Waals surface area contributed by atoms with Gasteiger partial charge in [0.25, 0.3) is 0 Å². The summed E-state index contributed by atoms with van der Waals surface area (Å²) in [6, 6.07) is 60.1. The summed E-state index contributed by atoms with van der Waals surface area (Å²) in [5, 5.41) is 50.3. The molecule has 10 rings (SSSR count). The van der Waals surface area contributed by atoms with E-state index in [-0.39, 0.29) is 11.3 Å². The Balaban J connectivity index is 1.05. The summed E-state index contributed by atoms with van der Waals surface area (Å²) < 4.78 is 2.32. The molecule has 0 aliphatic heterocycles. The summed E-state index contributed by atoms with van der Waals surface area (Å²) in [5.74, 6) is -2.20. The van der Waals surface area contributed by atoms with Gasteiger partial charge in [-0.15, -0.1) is 11.3 Å². The van der Waals surface area contributed by atoms with Crippen LogP contribution in [0, 0.1) is 0 Å². The molecule has 0 bridgehead atoms. The van der Waals surface area contributed by atoms with Crippen molar-refractivity contribution in [2.45, 2.75) is 0 Å². The maximum Gasteiger partial charge on any atom is 0.186 e. The number of hydrogen-bond acceptors (Lipinski definition) is 6. The molecule has 8 aromatic carbocycles. The van der Waals surface area contributed by atoms with Crippen LogP contribution in [-0.2, 0) is 0 Å². The molecule has 2 aromatic heterocycles. The van der Waals surface area contributed by atoms with Crippen LogP contribution in [0.25, 0.3) is 70.3 Å². The fourth-order valence-electron chi connectivity index (χ4n) is 7.97. The van der Waals surface area contributed by atoms with E-state index in [2.05, 4.69) is 83.4 Å². The van der Waals surface area contributed by atoms with Gasteiger partial charge in [-0.3, -0.25) is 0 Å². The first-order valence-corrected chi connectivity index (χ1v) is 19.4. The Labute approximate surface area is 332 Å². The molecule has 0 unspecified atom stereocenters. The maximum atomic E-state index is 11.7. The molecule has 0 atom stereocenters. The van der Waals surface area contributed by atoms with E-state index in [0.717, 1.165) is 42.9 Å². The number of anilines is 3. The van der Waals surface area contributed by atoms with E-state index in [1.165, 1.54) is 16.3 Å². The molecule has 0 saturated carbocycles. The second-order valence-electron chi connectivity index (χ2n) is 13.9. The van der Waals surface area contributed by atoms with Crippen molar-refractivity contribution in [3.63, 3.8) is 0 Å². The lowest BCUT2D eigenvalue weighted by Crippen LogP contribution is -2.11. The van der Waals surface area contributed by atoms with Gasteiger partial charge in [-0.05, 0) is 82.7 Å². The molecule has 6 nitrogen and oxygen atoms in total. The van der Waals surface area contributed by atoms with E-state index in [4.69, 9.17) is 0 Å². The molecule has 4 N–H and O–H groups in total. The van der Waals surface area contributed by atoms with Gasteiger partial charge in [0.05, 0.1) is 22.3 Å². The van der Waals surface area contributed by atoms with E-state index in [9.17, 15) is 20.4 Å². The van der Waals surface area contributed by atoms with Crippen LogP contribution >= 0.6 is 11.3 Å². The Kier molecular flexibility index (Phi) is 8.17. The van der Waals surface area contributed by atoms with Gasteiger partial charge in [-0.2, -0.15) is 0 Å².